The van der Waals surface area contributed by atoms with E-state index >= 15 is 0 Å². The first-order chi connectivity index (χ1) is 10.7. The molecular formula is C18H21FN2O. The molecule has 0 N–H and O–H groups in total. The second kappa shape index (κ2) is 6.34. The van der Waals surface area contributed by atoms with E-state index in [1.165, 1.54) is 11.6 Å². The van der Waals surface area contributed by atoms with Gasteiger partial charge in [0.2, 0.25) is 0 Å². The molecule has 1 aromatic heterocycles. The van der Waals surface area contributed by atoms with Gasteiger partial charge in [0.05, 0.1) is 12.8 Å². The maximum atomic E-state index is 13.3. The average Bonchev–Trinajstić information content (AvgIpc) is 2.99. The second-order valence-electron chi connectivity index (χ2n) is 5.89. The zero-order valence-electron chi connectivity index (χ0n) is 13.1. The van der Waals surface area contributed by atoms with E-state index in [0.29, 0.717) is 11.6 Å². The normalized spacial score (nSPS) is 17.8. The molecule has 4 heteroatoms. The molecule has 0 radical (unpaired) electrons. The first kappa shape index (κ1) is 14.8. The van der Waals surface area contributed by atoms with Crippen molar-refractivity contribution >= 4 is 5.82 Å². The Labute approximate surface area is 130 Å². The lowest BCUT2D eigenvalue weighted by atomic mass is 9.99. The zero-order chi connectivity index (χ0) is 15.5. The molecule has 1 unspecified atom stereocenters. The van der Waals surface area contributed by atoms with Crippen molar-refractivity contribution in [3.05, 3.63) is 53.5 Å². The van der Waals surface area contributed by atoms with Crippen molar-refractivity contribution in [1.82, 2.24) is 4.98 Å². The third kappa shape index (κ3) is 3.21. The predicted octanol–water partition coefficient (Wildman–Crippen LogP) is 3.61. The molecule has 1 atom stereocenters. The van der Waals surface area contributed by atoms with Crippen LogP contribution in [0, 0.1) is 18.7 Å². The van der Waals surface area contributed by atoms with Crippen molar-refractivity contribution in [3.8, 4) is 5.75 Å². The number of benzene rings is 1. The summed E-state index contributed by atoms with van der Waals surface area (Å²) in [6.07, 6.45) is 2.20. The Morgan fingerprint density at radius 2 is 2.00 bits per heavy atom. The highest BCUT2D eigenvalue weighted by Crippen LogP contribution is 2.26. The molecule has 0 amide bonds. The summed E-state index contributed by atoms with van der Waals surface area (Å²) in [4.78, 5) is 6.60. The van der Waals surface area contributed by atoms with Crippen LogP contribution in [0.3, 0.4) is 0 Å². The standard InChI is InChI=1S/C18H21FN2O/c1-13-17(19)7-8-18(20-13)21-10-9-15(12-21)11-14-3-5-16(22-2)6-4-14/h3-8,15H,9-12H2,1-2H3. The molecule has 0 bridgehead atoms. The lowest BCUT2D eigenvalue weighted by molar-refractivity contribution is 0.414. The highest BCUT2D eigenvalue weighted by Gasteiger charge is 2.24. The van der Waals surface area contributed by atoms with Crippen LogP contribution in [-0.2, 0) is 6.42 Å². The number of aromatic nitrogens is 1. The van der Waals surface area contributed by atoms with Crippen LogP contribution in [0.15, 0.2) is 36.4 Å². The van der Waals surface area contributed by atoms with E-state index in [1.54, 1.807) is 20.1 Å². The molecule has 1 aliphatic rings. The van der Waals surface area contributed by atoms with Crippen LogP contribution in [0.1, 0.15) is 17.7 Å². The molecule has 1 aromatic carbocycles. The number of methoxy groups -OCH3 is 1. The number of anilines is 1. The molecule has 2 aromatic rings. The van der Waals surface area contributed by atoms with Gasteiger partial charge in [-0.15, -0.1) is 0 Å². The molecule has 1 saturated heterocycles. The number of pyridine rings is 1. The minimum absolute atomic E-state index is 0.238. The molecule has 0 spiro atoms. The minimum atomic E-state index is -0.238. The monoisotopic (exact) mass is 300 g/mol. The Morgan fingerprint density at radius 3 is 2.68 bits per heavy atom. The summed E-state index contributed by atoms with van der Waals surface area (Å²) in [5, 5.41) is 0. The molecule has 3 rings (SSSR count). The van der Waals surface area contributed by atoms with E-state index in [9.17, 15) is 4.39 Å². The number of nitrogens with zero attached hydrogens (tertiary/aromatic N) is 2. The third-order valence-corrected chi connectivity index (χ3v) is 4.30. The Morgan fingerprint density at radius 1 is 1.23 bits per heavy atom. The summed E-state index contributed by atoms with van der Waals surface area (Å²) in [5.41, 5.74) is 1.80. The Bertz CT molecular complexity index is 642. The van der Waals surface area contributed by atoms with Crippen LogP contribution < -0.4 is 9.64 Å². The summed E-state index contributed by atoms with van der Waals surface area (Å²) in [6, 6.07) is 11.6. The van der Waals surface area contributed by atoms with E-state index in [2.05, 4.69) is 22.0 Å². The quantitative estimate of drug-likeness (QED) is 0.862. The third-order valence-electron chi connectivity index (χ3n) is 4.30. The lowest BCUT2D eigenvalue weighted by Gasteiger charge is -2.18. The Balaban J connectivity index is 1.62. The van der Waals surface area contributed by atoms with Crippen LogP contribution in [0.2, 0.25) is 0 Å². The molecule has 116 valence electrons. The molecule has 3 nitrogen and oxygen atoms in total. The van der Waals surface area contributed by atoms with E-state index in [4.69, 9.17) is 4.74 Å². The van der Waals surface area contributed by atoms with Crippen molar-refractivity contribution in [1.29, 1.82) is 0 Å². The summed E-state index contributed by atoms with van der Waals surface area (Å²) < 4.78 is 18.5. The molecule has 1 fully saturated rings. The van der Waals surface area contributed by atoms with E-state index in [1.807, 2.05) is 12.1 Å². The van der Waals surface area contributed by atoms with Crippen molar-refractivity contribution in [2.75, 3.05) is 25.1 Å². The lowest BCUT2D eigenvalue weighted by Crippen LogP contribution is -2.21. The van der Waals surface area contributed by atoms with Crippen LogP contribution in [-0.4, -0.2) is 25.2 Å². The average molecular weight is 300 g/mol. The first-order valence-electron chi connectivity index (χ1n) is 7.66. The van der Waals surface area contributed by atoms with Crippen molar-refractivity contribution in [2.24, 2.45) is 5.92 Å². The van der Waals surface area contributed by atoms with Crippen molar-refractivity contribution in [2.45, 2.75) is 19.8 Å². The first-order valence-corrected chi connectivity index (χ1v) is 7.66. The van der Waals surface area contributed by atoms with Crippen LogP contribution >= 0.6 is 0 Å². The van der Waals surface area contributed by atoms with Gasteiger partial charge in [0, 0.05) is 13.1 Å². The molecule has 0 saturated carbocycles. The molecular weight excluding hydrogens is 279 g/mol. The van der Waals surface area contributed by atoms with Gasteiger partial charge >= 0.3 is 0 Å². The highest BCUT2D eigenvalue weighted by atomic mass is 19.1. The summed E-state index contributed by atoms with van der Waals surface area (Å²) >= 11 is 0. The number of halogens is 1. The van der Waals surface area contributed by atoms with E-state index < -0.39 is 0 Å². The Hall–Kier alpha value is -2.10. The Kier molecular flexibility index (Phi) is 4.27. The summed E-state index contributed by atoms with van der Waals surface area (Å²) in [6.45, 7) is 3.67. The van der Waals surface area contributed by atoms with Gasteiger partial charge < -0.3 is 9.64 Å². The smallest absolute Gasteiger partial charge is 0.144 e. The largest absolute Gasteiger partial charge is 0.497 e. The van der Waals surface area contributed by atoms with E-state index in [0.717, 1.165) is 37.5 Å². The van der Waals surface area contributed by atoms with Crippen molar-refractivity contribution < 1.29 is 9.13 Å². The van der Waals surface area contributed by atoms with E-state index in [-0.39, 0.29) is 5.82 Å². The fourth-order valence-electron chi connectivity index (χ4n) is 3.01. The number of hydrogen-bond donors (Lipinski definition) is 0. The highest BCUT2D eigenvalue weighted by molar-refractivity contribution is 5.41. The minimum Gasteiger partial charge on any atom is -0.497 e. The molecule has 2 heterocycles. The SMILES string of the molecule is COc1ccc(CC2CCN(c3ccc(F)c(C)n3)C2)cc1. The van der Waals surface area contributed by atoms with Crippen molar-refractivity contribution in [3.63, 3.8) is 0 Å². The summed E-state index contributed by atoms with van der Waals surface area (Å²) in [5.74, 6) is 2.15. The van der Waals surface area contributed by atoms with Gasteiger partial charge in [0.15, 0.2) is 0 Å². The van der Waals surface area contributed by atoms with Crippen LogP contribution in [0.4, 0.5) is 10.2 Å². The zero-order valence-corrected chi connectivity index (χ0v) is 13.1. The van der Waals surface area contributed by atoms with Gasteiger partial charge in [-0.3, -0.25) is 0 Å². The fourth-order valence-corrected chi connectivity index (χ4v) is 3.01. The topological polar surface area (TPSA) is 25.4 Å². The van der Waals surface area contributed by atoms with Crippen LogP contribution in [0.5, 0.6) is 5.75 Å². The number of hydrogen-bond acceptors (Lipinski definition) is 3. The van der Waals surface area contributed by atoms with Gasteiger partial charge in [0.25, 0.3) is 0 Å². The van der Waals surface area contributed by atoms with Gasteiger partial charge in [0.1, 0.15) is 17.4 Å². The number of rotatable bonds is 4. The number of ether oxygens (including phenoxy) is 1. The molecule has 1 aliphatic heterocycles. The number of aryl methyl sites for hydroxylation is 1. The van der Waals surface area contributed by atoms with Gasteiger partial charge in [-0.05, 0) is 55.5 Å². The maximum absolute atomic E-state index is 13.3. The van der Waals surface area contributed by atoms with Gasteiger partial charge in [-0.25, -0.2) is 9.37 Å². The van der Waals surface area contributed by atoms with Gasteiger partial charge in [-0.2, -0.15) is 0 Å². The van der Waals surface area contributed by atoms with Crippen LogP contribution in [0.25, 0.3) is 0 Å². The maximum Gasteiger partial charge on any atom is 0.144 e. The van der Waals surface area contributed by atoms with Gasteiger partial charge in [-0.1, -0.05) is 12.1 Å². The predicted molar refractivity (Wildman–Crippen MR) is 86.0 cm³/mol. The molecule has 0 aliphatic carbocycles. The second-order valence-corrected chi connectivity index (χ2v) is 5.89. The molecule has 22 heavy (non-hydrogen) atoms. The summed E-state index contributed by atoms with van der Waals surface area (Å²) in [7, 11) is 1.68. The fraction of sp³-hybridized carbons (Fsp3) is 0.389.